The first-order chi connectivity index (χ1) is 5.40. The largest absolute Gasteiger partial charge is 0.328 e. The van der Waals surface area contributed by atoms with Gasteiger partial charge in [-0.15, -0.1) is 0 Å². The van der Waals surface area contributed by atoms with E-state index in [2.05, 4.69) is 10.6 Å². The predicted octanol–water partition coefficient (Wildman–Crippen LogP) is -0.225. The lowest BCUT2D eigenvalue weighted by Crippen LogP contribution is -2.40. The second kappa shape index (κ2) is 3.09. The average Bonchev–Trinajstić information content (AvgIpc) is 2.46. The van der Waals surface area contributed by atoms with E-state index < -0.39 is 0 Å². The molecule has 3 nitrogen and oxygen atoms in total. The second-order valence-corrected chi connectivity index (χ2v) is 3.62. The fourth-order valence-corrected chi connectivity index (χ4v) is 2.23. The van der Waals surface area contributed by atoms with Gasteiger partial charge in [-0.05, 0) is 12.8 Å². The molecule has 64 valence electrons. The molecule has 2 atom stereocenters. The van der Waals surface area contributed by atoms with E-state index in [9.17, 15) is 0 Å². The van der Waals surface area contributed by atoms with Gasteiger partial charge in [0, 0.05) is 18.6 Å². The van der Waals surface area contributed by atoms with E-state index in [4.69, 9.17) is 5.73 Å². The fraction of sp³-hybridized carbons (Fsp3) is 1.00. The van der Waals surface area contributed by atoms with E-state index in [1.807, 2.05) is 0 Å². The van der Waals surface area contributed by atoms with Crippen molar-refractivity contribution in [1.29, 1.82) is 0 Å². The minimum Gasteiger partial charge on any atom is -0.328 e. The maximum atomic E-state index is 5.56. The third-order valence-corrected chi connectivity index (χ3v) is 2.83. The Morgan fingerprint density at radius 1 is 1.09 bits per heavy atom. The summed E-state index contributed by atoms with van der Waals surface area (Å²) in [6.45, 7) is 0.715. The number of nitrogens with one attached hydrogen (secondary N) is 2. The molecule has 0 radical (unpaired) electrons. The molecule has 2 fully saturated rings. The van der Waals surface area contributed by atoms with E-state index in [0.29, 0.717) is 24.8 Å². The van der Waals surface area contributed by atoms with Gasteiger partial charge in [0.05, 0.1) is 6.17 Å². The summed E-state index contributed by atoms with van der Waals surface area (Å²) in [4.78, 5) is 0. The number of fused-ring (bicyclic) bond motifs is 1. The van der Waals surface area contributed by atoms with Crippen molar-refractivity contribution in [2.24, 2.45) is 5.73 Å². The van der Waals surface area contributed by atoms with Gasteiger partial charge in [-0.2, -0.15) is 0 Å². The molecule has 0 aromatic rings. The van der Waals surface area contributed by atoms with Crippen molar-refractivity contribution in [2.75, 3.05) is 6.54 Å². The van der Waals surface area contributed by atoms with Crippen LogP contribution in [0.25, 0.3) is 0 Å². The van der Waals surface area contributed by atoms with Crippen LogP contribution in [0.15, 0.2) is 0 Å². The lowest BCUT2D eigenvalue weighted by atomic mass is 9.92. The number of nitrogens with two attached hydrogens (primary N) is 1. The molecule has 11 heavy (non-hydrogen) atoms. The third-order valence-electron chi connectivity index (χ3n) is 2.83. The van der Waals surface area contributed by atoms with Gasteiger partial charge in [0.25, 0.3) is 0 Å². The Hall–Kier alpha value is -0.120. The highest BCUT2D eigenvalue weighted by atomic mass is 15.3. The minimum absolute atomic E-state index is 0.378. The molecule has 0 aromatic heterocycles. The highest BCUT2D eigenvalue weighted by molar-refractivity contribution is 4.95. The summed E-state index contributed by atoms with van der Waals surface area (Å²) >= 11 is 0. The number of rotatable bonds is 1. The molecular formula is C8H17N3. The van der Waals surface area contributed by atoms with Gasteiger partial charge in [0.15, 0.2) is 0 Å². The highest BCUT2D eigenvalue weighted by Gasteiger charge is 2.33. The first-order valence-electron chi connectivity index (χ1n) is 4.62. The van der Waals surface area contributed by atoms with Crippen LogP contribution in [-0.2, 0) is 0 Å². The normalized spacial score (nSPS) is 43.9. The smallest absolute Gasteiger partial charge is 0.0703 e. The summed E-state index contributed by atoms with van der Waals surface area (Å²) in [5, 5.41) is 7.01. The maximum Gasteiger partial charge on any atom is 0.0703 e. The fourth-order valence-electron chi connectivity index (χ4n) is 2.23. The van der Waals surface area contributed by atoms with Crippen LogP contribution in [0.5, 0.6) is 0 Å². The van der Waals surface area contributed by atoms with Gasteiger partial charge in [0.2, 0.25) is 0 Å². The van der Waals surface area contributed by atoms with E-state index in [0.717, 1.165) is 0 Å². The van der Waals surface area contributed by atoms with Gasteiger partial charge in [-0.3, -0.25) is 10.6 Å². The monoisotopic (exact) mass is 155 g/mol. The van der Waals surface area contributed by atoms with Gasteiger partial charge < -0.3 is 5.73 Å². The summed E-state index contributed by atoms with van der Waals surface area (Å²) in [7, 11) is 0. The molecular weight excluding hydrogens is 138 g/mol. The molecule has 3 heteroatoms. The van der Waals surface area contributed by atoms with Crippen LogP contribution in [-0.4, -0.2) is 24.8 Å². The van der Waals surface area contributed by atoms with E-state index in [-0.39, 0.29) is 0 Å². The second-order valence-electron chi connectivity index (χ2n) is 3.62. The molecule has 0 amide bonds. The molecule has 1 aliphatic heterocycles. The lowest BCUT2D eigenvalue weighted by molar-refractivity contribution is 0.374. The predicted molar refractivity (Wildman–Crippen MR) is 45.2 cm³/mol. The molecule has 0 spiro atoms. The molecule has 2 rings (SSSR count). The SMILES string of the molecule is NCC1NC2CCCCC2N1. The Kier molecular flexibility index (Phi) is 2.11. The molecule has 1 saturated carbocycles. The van der Waals surface area contributed by atoms with Crippen molar-refractivity contribution in [1.82, 2.24) is 10.6 Å². The van der Waals surface area contributed by atoms with Crippen LogP contribution < -0.4 is 16.4 Å². The average molecular weight is 155 g/mol. The highest BCUT2D eigenvalue weighted by Crippen LogP contribution is 2.22. The zero-order valence-electron chi connectivity index (χ0n) is 6.84. The zero-order valence-corrected chi connectivity index (χ0v) is 6.84. The molecule has 4 N–H and O–H groups in total. The van der Waals surface area contributed by atoms with Gasteiger partial charge in [0.1, 0.15) is 0 Å². The van der Waals surface area contributed by atoms with Crippen molar-refractivity contribution in [3.8, 4) is 0 Å². The van der Waals surface area contributed by atoms with Crippen LogP contribution >= 0.6 is 0 Å². The number of hydrogen-bond donors (Lipinski definition) is 3. The Morgan fingerprint density at radius 2 is 1.64 bits per heavy atom. The molecule has 0 bridgehead atoms. The van der Waals surface area contributed by atoms with Gasteiger partial charge >= 0.3 is 0 Å². The summed E-state index contributed by atoms with van der Waals surface area (Å²) in [5.41, 5.74) is 5.56. The van der Waals surface area contributed by atoms with E-state index >= 15 is 0 Å². The van der Waals surface area contributed by atoms with Gasteiger partial charge in [-0.1, -0.05) is 12.8 Å². The Morgan fingerprint density at radius 3 is 2.09 bits per heavy atom. The molecule has 1 heterocycles. The van der Waals surface area contributed by atoms with Crippen LogP contribution in [0.3, 0.4) is 0 Å². The van der Waals surface area contributed by atoms with Crippen LogP contribution in [0, 0.1) is 0 Å². The van der Waals surface area contributed by atoms with Crippen LogP contribution in [0.1, 0.15) is 25.7 Å². The maximum absolute atomic E-state index is 5.56. The minimum atomic E-state index is 0.378. The first kappa shape index (κ1) is 7.53. The summed E-state index contributed by atoms with van der Waals surface area (Å²) in [6.07, 6.45) is 5.80. The molecule has 1 aliphatic carbocycles. The summed E-state index contributed by atoms with van der Waals surface area (Å²) < 4.78 is 0. The summed E-state index contributed by atoms with van der Waals surface area (Å²) in [6, 6.07) is 1.41. The van der Waals surface area contributed by atoms with Crippen molar-refractivity contribution in [3.63, 3.8) is 0 Å². The van der Waals surface area contributed by atoms with Crippen LogP contribution in [0.4, 0.5) is 0 Å². The molecule has 0 aromatic carbocycles. The van der Waals surface area contributed by atoms with Crippen LogP contribution in [0.2, 0.25) is 0 Å². The first-order valence-corrected chi connectivity index (χ1v) is 4.62. The molecule has 2 aliphatic rings. The standard InChI is InChI=1S/C8H17N3/c9-5-8-10-6-3-1-2-4-7(6)11-8/h6-8,10-11H,1-5,9H2. The third kappa shape index (κ3) is 1.41. The Balaban J connectivity index is 1.92. The van der Waals surface area contributed by atoms with Crippen molar-refractivity contribution < 1.29 is 0 Å². The number of hydrogen-bond acceptors (Lipinski definition) is 3. The summed E-state index contributed by atoms with van der Waals surface area (Å²) in [5.74, 6) is 0. The lowest BCUT2D eigenvalue weighted by Gasteiger charge is -2.23. The van der Waals surface area contributed by atoms with Crippen molar-refractivity contribution in [2.45, 2.75) is 43.9 Å². The zero-order chi connectivity index (χ0) is 7.68. The van der Waals surface area contributed by atoms with E-state index in [1.54, 1.807) is 0 Å². The quantitative estimate of drug-likeness (QED) is 0.490. The van der Waals surface area contributed by atoms with Gasteiger partial charge in [-0.25, -0.2) is 0 Å². The Labute approximate surface area is 67.7 Å². The molecule has 2 unspecified atom stereocenters. The topological polar surface area (TPSA) is 50.1 Å². The molecule has 1 saturated heterocycles. The Bertz CT molecular complexity index is 123. The van der Waals surface area contributed by atoms with E-state index in [1.165, 1.54) is 25.7 Å². The van der Waals surface area contributed by atoms with Crippen molar-refractivity contribution in [3.05, 3.63) is 0 Å². The van der Waals surface area contributed by atoms with Crippen molar-refractivity contribution >= 4 is 0 Å².